The van der Waals surface area contributed by atoms with Crippen LogP contribution >= 0.6 is 0 Å². The van der Waals surface area contributed by atoms with Gasteiger partial charge >= 0.3 is 0 Å². The first-order valence-electron chi connectivity index (χ1n) is 7.53. The van der Waals surface area contributed by atoms with Crippen molar-refractivity contribution >= 4 is 0 Å². The van der Waals surface area contributed by atoms with Gasteiger partial charge in [-0.2, -0.15) is 0 Å². The SMILES string of the molecule is CCOc1cccc(CN(C)CC2CCCNC2)c1O. The second-order valence-corrected chi connectivity index (χ2v) is 5.61. The summed E-state index contributed by atoms with van der Waals surface area (Å²) in [6, 6.07) is 5.72. The molecule has 2 N–H and O–H groups in total. The van der Waals surface area contributed by atoms with Gasteiger partial charge in [0.2, 0.25) is 0 Å². The maximum Gasteiger partial charge on any atom is 0.162 e. The van der Waals surface area contributed by atoms with Crippen LogP contribution < -0.4 is 10.1 Å². The third-order valence-corrected chi connectivity index (χ3v) is 3.79. The van der Waals surface area contributed by atoms with Gasteiger partial charge in [0.1, 0.15) is 0 Å². The van der Waals surface area contributed by atoms with Gasteiger partial charge in [-0.1, -0.05) is 12.1 Å². The van der Waals surface area contributed by atoms with Crippen LogP contribution in [0.3, 0.4) is 0 Å². The van der Waals surface area contributed by atoms with E-state index in [9.17, 15) is 5.11 Å². The van der Waals surface area contributed by atoms with Crippen LogP contribution in [0.2, 0.25) is 0 Å². The highest BCUT2D eigenvalue weighted by molar-refractivity contribution is 5.45. The molecular weight excluding hydrogens is 252 g/mol. The minimum atomic E-state index is 0.281. The van der Waals surface area contributed by atoms with Crippen LogP contribution in [0.15, 0.2) is 18.2 Å². The number of nitrogens with one attached hydrogen (secondary N) is 1. The average Bonchev–Trinajstić information content (AvgIpc) is 2.44. The number of phenolic OH excluding ortho intramolecular Hbond substituents is 1. The van der Waals surface area contributed by atoms with E-state index >= 15 is 0 Å². The lowest BCUT2D eigenvalue weighted by molar-refractivity contribution is 0.234. The van der Waals surface area contributed by atoms with Crippen LogP contribution in [-0.2, 0) is 6.54 Å². The maximum absolute atomic E-state index is 10.2. The molecule has 112 valence electrons. The normalized spacial score (nSPS) is 19.2. The number of aromatic hydroxyl groups is 1. The van der Waals surface area contributed by atoms with E-state index in [1.165, 1.54) is 12.8 Å². The van der Waals surface area contributed by atoms with Gasteiger partial charge in [0.05, 0.1) is 6.61 Å². The van der Waals surface area contributed by atoms with E-state index in [-0.39, 0.29) is 5.75 Å². The first kappa shape index (κ1) is 15.1. The summed E-state index contributed by atoms with van der Waals surface area (Å²) in [6.45, 7) is 6.57. The highest BCUT2D eigenvalue weighted by atomic mass is 16.5. The van der Waals surface area contributed by atoms with Crippen LogP contribution in [-0.4, -0.2) is 43.3 Å². The highest BCUT2D eigenvalue weighted by Gasteiger charge is 2.16. The van der Waals surface area contributed by atoms with Crippen molar-refractivity contribution in [3.63, 3.8) is 0 Å². The summed E-state index contributed by atoms with van der Waals surface area (Å²) in [4.78, 5) is 2.28. The lowest BCUT2D eigenvalue weighted by atomic mass is 9.99. The molecule has 1 saturated heterocycles. The van der Waals surface area contributed by atoms with Gasteiger partial charge in [-0.15, -0.1) is 0 Å². The van der Waals surface area contributed by atoms with Crippen molar-refractivity contribution in [1.82, 2.24) is 10.2 Å². The predicted molar refractivity (Wildman–Crippen MR) is 81.2 cm³/mol. The number of rotatable bonds is 6. The molecule has 0 amide bonds. The summed E-state index contributed by atoms with van der Waals surface area (Å²) >= 11 is 0. The number of phenols is 1. The van der Waals surface area contributed by atoms with Gasteiger partial charge in [-0.05, 0) is 51.9 Å². The van der Waals surface area contributed by atoms with Crippen molar-refractivity contribution in [3.8, 4) is 11.5 Å². The van der Waals surface area contributed by atoms with Gasteiger partial charge in [-0.25, -0.2) is 0 Å². The topological polar surface area (TPSA) is 44.7 Å². The Morgan fingerprint density at radius 2 is 2.30 bits per heavy atom. The minimum absolute atomic E-state index is 0.281. The van der Waals surface area contributed by atoms with Crippen LogP contribution in [0, 0.1) is 5.92 Å². The summed E-state index contributed by atoms with van der Waals surface area (Å²) in [5.74, 6) is 1.58. The summed E-state index contributed by atoms with van der Waals surface area (Å²) in [5.41, 5.74) is 0.933. The Kier molecular flexibility index (Phi) is 5.68. The predicted octanol–water partition coefficient (Wildman–Crippen LogP) is 2.22. The van der Waals surface area contributed by atoms with E-state index in [1.807, 2.05) is 25.1 Å². The zero-order valence-electron chi connectivity index (χ0n) is 12.6. The first-order chi connectivity index (χ1) is 9.70. The number of ether oxygens (including phenoxy) is 1. The van der Waals surface area contributed by atoms with Gasteiger partial charge in [0, 0.05) is 18.7 Å². The van der Waals surface area contributed by atoms with Crippen molar-refractivity contribution in [2.24, 2.45) is 5.92 Å². The summed E-state index contributed by atoms with van der Waals surface area (Å²) < 4.78 is 5.43. The van der Waals surface area contributed by atoms with E-state index in [1.54, 1.807) is 0 Å². The van der Waals surface area contributed by atoms with Crippen molar-refractivity contribution < 1.29 is 9.84 Å². The van der Waals surface area contributed by atoms with Gasteiger partial charge < -0.3 is 20.1 Å². The Balaban J connectivity index is 1.93. The van der Waals surface area contributed by atoms with E-state index < -0.39 is 0 Å². The number of hydrogen-bond donors (Lipinski definition) is 2. The molecule has 20 heavy (non-hydrogen) atoms. The van der Waals surface area contributed by atoms with Crippen LogP contribution in [0.25, 0.3) is 0 Å². The third kappa shape index (κ3) is 4.12. The molecule has 1 aliphatic heterocycles. The molecule has 2 rings (SSSR count). The Hall–Kier alpha value is -1.26. The monoisotopic (exact) mass is 278 g/mol. The quantitative estimate of drug-likeness (QED) is 0.837. The Labute approximate surface area is 121 Å². The van der Waals surface area contributed by atoms with Crippen molar-refractivity contribution in [1.29, 1.82) is 0 Å². The number of hydrogen-bond acceptors (Lipinski definition) is 4. The number of para-hydroxylation sites is 1. The summed E-state index contributed by atoms with van der Waals surface area (Å²) in [7, 11) is 2.11. The van der Waals surface area contributed by atoms with Crippen molar-refractivity contribution in [3.05, 3.63) is 23.8 Å². The van der Waals surface area contributed by atoms with Crippen LogP contribution in [0.1, 0.15) is 25.3 Å². The highest BCUT2D eigenvalue weighted by Crippen LogP contribution is 2.30. The standard InChI is InChI=1S/C16H26N2O2/c1-3-20-15-8-4-7-14(16(15)19)12-18(2)11-13-6-5-9-17-10-13/h4,7-8,13,17,19H,3,5-6,9-12H2,1-2H3. The fraction of sp³-hybridized carbons (Fsp3) is 0.625. The first-order valence-corrected chi connectivity index (χ1v) is 7.53. The molecule has 1 heterocycles. The maximum atomic E-state index is 10.2. The minimum Gasteiger partial charge on any atom is -0.504 e. The van der Waals surface area contributed by atoms with Crippen LogP contribution in [0.4, 0.5) is 0 Å². The fourth-order valence-electron chi connectivity index (χ4n) is 2.84. The zero-order valence-corrected chi connectivity index (χ0v) is 12.6. The van der Waals surface area contributed by atoms with Crippen molar-refractivity contribution in [2.75, 3.05) is 33.3 Å². The zero-order chi connectivity index (χ0) is 14.4. The summed E-state index contributed by atoms with van der Waals surface area (Å²) in [5, 5.41) is 13.7. The lowest BCUT2D eigenvalue weighted by Gasteiger charge is -2.27. The summed E-state index contributed by atoms with van der Waals surface area (Å²) in [6.07, 6.45) is 2.56. The molecule has 0 spiro atoms. The van der Waals surface area contributed by atoms with Crippen LogP contribution in [0.5, 0.6) is 11.5 Å². The molecule has 0 saturated carbocycles. The number of benzene rings is 1. The van der Waals surface area contributed by atoms with E-state index in [0.717, 1.165) is 31.7 Å². The molecule has 4 heteroatoms. The van der Waals surface area contributed by atoms with Gasteiger partial charge in [0.25, 0.3) is 0 Å². The van der Waals surface area contributed by atoms with E-state index in [0.29, 0.717) is 18.3 Å². The largest absolute Gasteiger partial charge is 0.504 e. The van der Waals surface area contributed by atoms with E-state index in [2.05, 4.69) is 17.3 Å². The number of piperidine rings is 1. The van der Waals surface area contributed by atoms with Gasteiger partial charge in [0.15, 0.2) is 11.5 Å². The molecular formula is C16H26N2O2. The third-order valence-electron chi connectivity index (χ3n) is 3.79. The average molecular weight is 278 g/mol. The molecule has 1 unspecified atom stereocenters. The van der Waals surface area contributed by atoms with Crippen molar-refractivity contribution in [2.45, 2.75) is 26.3 Å². The smallest absolute Gasteiger partial charge is 0.162 e. The van der Waals surface area contributed by atoms with Gasteiger partial charge in [-0.3, -0.25) is 0 Å². The Morgan fingerprint density at radius 3 is 3.00 bits per heavy atom. The Bertz CT molecular complexity index is 417. The molecule has 1 aromatic rings. The number of nitrogens with zero attached hydrogens (tertiary/aromatic N) is 1. The fourth-order valence-corrected chi connectivity index (χ4v) is 2.84. The molecule has 1 aromatic carbocycles. The molecule has 0 radical (unpaired) electrons. The second-order valence-electron chi connectivity index (χ2n) is 5.61. The lowest BCUT2D eigenvalue weighted by Crippen LogP contribution is -2.36. The molecule has 1 aliphatic rings. The second kappa shape index (κ2) is 7.50. The molecule has 0 aliphatic carbocycles. The molecule has 1 fully saturated rings. The molecule has 1 atom stereocenters. The molecule has 0 aromatic heterocycles. The molecule has 0 bridgehead atoms. The van der Waals surface area contributed by atoms with E-state index in [4.69, 9.17) is 4.74 Å². The molecule has 4 nitrogen and oxygen atoms in total. The Morgan fingerprint density at radius 1 is 1.45 bits per heavy atom.